The minimum Gasteiger partial charge on any atom is -0.396 e. The molecule has 4 nitrogen and oxygen atoms in total. The fourth-order valence-electron chi connectivity index (χ4n) is 3.73. The van der Waals surface area contributed by atoms with Crippen molar-refractivity contribution in [3.05, 3.63) is 0 Å². The van der Waals surface area contributed by atoms with Gasteiger partial charge in [-0.3, -0.25) is 4.79 Å². The van der Waals surface area contributed by atoms with Gasteiger partial charge >= 0.3 is 0 Å². The molecule has 3 N–H and O–H groups in total. The lowest BCUT2D eigenvalue weighted by molar-refractivity contribution is -0.135. The fourth-order valence-corrected chi connectivity index (χ4v) is 3.73. The number of aliphatic hydroxyl groups excluding tert-OH is 1. The molecule has 0 aromatic heterocycles. The molecule has 2 rings (SSSR count). The first kappa shape index (κ1) is 15.8. The number of rotatable bonds is 5. The number of carbonyl (C=O) groups excluding carboxylic acids is 1. The SMILES string of the molecule is NC1CCC(CCC(=O)N2CCCCC2CCO)CC1. The third kappa shape index (κ3) is 4.45. The summed E-state index contributed by atoms with van der Waals surface area (Å²) in [6.07, 6.45) is 10.4. The van der Waals surface area contributed by atoms with Crippen LogP contribution in [-0.2, 0) is 4.79 Å². The van der Waals surface area contributed by atoms with Crippen LogP contribution >= 0.6 is 0 Å². The number of likely N-dealkylation sites (tertiary alicyclic amines) is 1. The maximum Gasteiger partial charge on any atom is 0.222 e. The number of nitrogens with two attached hydrogens (primary N) is 1. The zero-order valence-electron chi connectivity index (χ0n) is 12.6. The molecule has 1 heterocycles. The number of piperidine rings is 1. The molecule has 1 atom stereocenters. The van der Waals surface area contributed by atoms with E-state index in [0.29, 0.717) is 24.3 Å². The van der Waals surface area contributed by atoms with Gasteiger partial charge in [0.2, 0.25) is 5.91 Å². The second-order valence-corrected chi connectivity index (χ2v) is 6.57. The smallest absolute Gasteiger partial charge is 0.222 e. The minimum absolute atomic E-state index is 0.189. The van der Waals surface area contributed by atoms with Crippen LogP contribution in [0.25, 0.3) is 0 Å². The molecule has 20 heavy (non-hydrogen) atoms. The topological polar surface area (TPSA) is 66.6 Å². The summed E-state index contributed by atoms with van der Waals surface area (Å²) < 4.78 is 0. The summed E-state index contributed by atoms with van der Waals surface area (Å²) in [5, 5.41) is 9.13. The van der Waals surface area contributed by atoms with E-state index in [0.717, 1.165) is 45.1 Å². The van der Waals surface area contributed by atoms with Gasteiger partial charge in [0.05, 0.1) is 0 Å². The van der Waals surface area contributed by atoms with Crippen molar-refractivity contribution in [1.82, 2.24) is 4.90 Å². The van der Waals surface area contributed by atoms with Crippen LogP contribution in [0.4, 0.5) is 0 Å². The molecule has 1 aliphatic heterocycles. The highest BCUT2D eigenvalue weighted by Crippen LogP contribution is 2.28. The van der Waals surface area contributed by atoms with E-state index in [1.165, 1.54) is 19.3 Å². The van der Waals surface area contributed by atoms with Crippen LogP contribution in [0.15, 0.2) is 0 Å². The second-order valence-electron chi connectivity index (χ2n) is 6.57. The Morgan fingerprint density at radius 3 is 2.55 bits per heavy atom. The molecule has 1 saturated carbocycles. The monoisotopic (exact) mass is 282 g/mol. The Bertz CT molecular complexity index is 299. The quantitative estimate of drug-likeness (QED) is 0.811. The molecule has 0 radical (unpaired) electrons. The predicted octanol–water partition coefficient (Wildman–Crippen LogP) is 2.05. The first-order valence-corrected chi connectivity index (χ1v) is 8.36. The summed E-state index contributed by atoms with van der Waals surface area (Å²) in [6, 6.07) is 0.666. The summed E-state index contributed by atoms with van der Waals surface area (Å²) in [5.41, 5.74) is 5.92. The molecule has 2 aliphatic rings. The zero-order chi connectivity index (χ0) is 14.4. The van der Waals surface area contributed by atoms with Gasteiger partial charge in [-0.05, 0) is 63.7 Å². The van der Waals surface area contributed by atoms with E-state index in [4.69, 9.17) is 10.8 Å². The van der Waals surface area contributed by atoms with Crippen LogP contribution < -0.4 is 5.73 Å². The van der Waals surface area contributed by atoms with E-state index < -0.39 is 0 Å². The summed E-state index contributed by atoms with van der Waals surface area (Å²) in [7, 11) is 0. The van der Waals surface area contributed by atoms with Crippen LogP contribution in [0.2, 0.25) is 0 Å². The summed E-state index contributed by atoms with van der Waals surface area (Å²) >= 11 is 0. The average Bonchev–Trinajstić information content (AvgIpc) is 2.47. The van der Waals surface area contributed by atoms with Crippen molar-refractivity contribution in [2.45, 2.75) is 76.3 Å². The molecule has 2 fully saturated rings. The molecule has 0 aromatic carbocycles. The Morgan fingerprint density at radius 1 is 1.10 bits per heavy atom. The molecule has 1 unspecified atom stereocenters. The lowest BCUT2D eigenvalue weighted by Crippen LogP contribution is -2.44. The Morgan fingerprint density at radius 2 is 1.85 bits per heavy atom. The maximum atomic E-state index is 12.4. The lowest BCUT2D eigenvalue weighted by atomic mass is 9.83. The van der Waals surface area contributed by atoms with Crippen molar-refractivity contribution in [1.29, 1.82) is 0 Å². The third-order valence-electron chi connectivity index (χ3n) is 5.07. The predicted molar refractivity (Wildman–Crippen MR) is 80.2 cm³/mol. The number of carbonyl (C=O) groups is 1. The van der Waals surface area contributed by atoms with E-state index in [-0.39, 0.29) is 12.6 Å². The van der Waals surface area contributed by atoms with Crippen molar-refractivity contribution in [3.8, 4) is 0 Å². The van der Waals surface area contributed by atoms with Crippen LogP contribution in [-0.4, -0.2) is 41.1 Å². The summed E-state index contributed by atoms with van der Waals surface area (Å²) in [6.45, 7) is 1.08. The second kappa shape index (κ2) is 7.99. The standard InChI is InChI=1S/C16H30N2O2/c17-14-7-4-13(5-8-14)6-9-16(20)18-11-2-1-3-15(18)10-12-19/h13-15,19H,1-12,17H2. The molecule has 1 saturated heterocycles. The minimum atomic E-state index is 0.189. The van der Waals surface area contributed by atoms with Gasteiger partial charge in [-0.15, -0.1) is 0 Å². The van der Waals surface area contributed by atoms with E-state index in [1.54, 1.807) is 0 Å². The highest BCUT2D eigenvalue weighted by atomic mass is 16.3. The molecule has 1 aliphatic carbocycles. The van der Waals surface area contributed by atoms with Gasteiger partial charge in [-0.2, -0.15) is 0 Å². The zero-order valence-corrected chi connectivity index (χ0v) is 12.6. The molecule has 0 bridgehead atoms. The average molecular weight is 282 g/mol. The molecule has 0 spiro atoms. The molecular formula is C16H30N2O2. The van der Waals surface area contributed by atoms with Gasteiger partial charge in [-0.1, -0.05) is 0 Å². The van der Waals surface area contributed by atoms with Gasteiger partial charge in [0, 0.05) is 31.7 Å². The van der Waals surface area contributed by atoms with Gasteiger partial charge in [0.1, 0.15) is 0 Å². The van der Waals surface area contributed by atoms with Crippen LogP contribution in [0.3, 0.4) is 0 Å². The van der Waals surface area contributed by atoms with E-state index in [9.17, 15) is 4.79 Å². The van der Waals surface area contributed by atoms with Crippen molar-refractivity contribution < 1.29 is 9.90 Å². The van der Waals surface area contributed by atoms with Gasteiger partial charge < -0.3 is 15.7 Å². The van der Waals surface area contributed by atoms with E-state index >= 15 is 0 Å². The van der Waals surface area contributed by atoms with Gasteiger partial charge in [0.15, 0.2) is 0 Å². The van der Waals surface area contributed by atoms with Crippen LogP contribution in [0.1, 0.15) is 64.2 Å². The van der Waals surface area contributed by atoms with Gasteiger partial charge in [0.25, 0.3) is 0 Å². The normalized spacial score (nSPS) is 31.3. The third-order valence-corrected chi connectivity index (χ3v) is 5.07. The highest BCUT2D eigenvalue weighted by molar-refractivity contribution is 5.76. The first-order valence-electron chi connectivity index (χ1n) is 8.36. The maximum absolute atomic E-state index is 12.4. The first-order chi connectivity index (χ1) is 9.70. The molecule has 1 amide bonds. The number of nitrogens with zero attached hydrogens (tertiary/aromatic N) is 1. The van der Waals surface area contributed by atoms with Crippen LogP contribution in [0.5, 0.6) is 0 Å². The Hall–Kier alpha value is -0.610. The Labute approximate surface area is 122 Å². The highest BCUT2D eigenvalue weighted by Gasteiger charge is 2.27. The largest absolute Gasteiger partial charge is 0.396 e. The molecule has 0 aromatic rings. The molecule has 116 valence electrons. The Kier molecular flexibility index (Phi) is 6.30. The molecule has 4 heteroatoms. The lowest BCUT2D eigenvalue weighted by Gasteiger charge is -2.36. The van der Waals surface area contributed by atoms with E-state index in [1.807, 2.05) is 4.90 Å². The van der Waals surface area contributed by atoms with E-state index in [2.05, 4.69) is 0 Å². The number of hydrogen-bond donors (Lipinski definition) is 2. The summed E-state index contributed by atoms with van der Waals surface area (Å²) in [5.74, 6) is 0.998. The number of aliphatic hydroxyl groups is 1. The van der Waals surface area contributed by atoms with Crippen LogP contribution in [0, 0.1) is 5.92 Å². The summed E-state index contributed by atoms with van der Waals surface area (Å²) in [4.78, 5) is 14.4. The molecular weight excluding hydrogens is 252 g/mol. The van der Waals surface area contributed by atoms with Crippen molar-refractivity contribution in [2.24, 2.45) is 11.7 Å². The van der Waals surface area contributed by atoms with Crippen molar-refractivity contribution >= 4 is 5.91 Å². The van der Waals surface area contributed by atoms with Gasteiger partial charge in [-0.25, -0.2) is 0 Å². The fraction of sp³-hybridized carbons (Fsp3) is 0.938. The number of amides is 1. The number of hydrogen-bond acceptors (Lipinski definition) is 3. The van der Waals surface area contributed by atoms with Crippen molar-refractivity contribution in [3.63, 3.8) is 0 Å². The Balaban J connectivity index is 1.75. The van der Waals surface area contributed by atoms with Crippen molar-refractivity contribution in [2.75, 3.05) is 13.2 Å².